The van der Waals surface area contributed by atoms with E-state index in [0.29, 0.717) is 16.4 Å². The maximum Gasteiger partial charge on any atom is 0.408 e. The second-order valence-electron chi connectivity index (χ2n) is 3.63. The molecular weight excluding hydrogens is 237 g/mol. The van der Waals surface area contributed by atoms with Crippen LogP contribution in [0, 0.1) is 0 Å². The van der Waals surface area contributed by atoms with Gasteiger partial charge in [0.05, 0.1) is 17.8 Å². The third kappa shape index (κ3) is 2.45. The van der Waals surface area contributed by atoms with Crippen molar-refractivity contribution >= 4 is 11.6 Å². The number of amides is 1. The van der Waals surface area contributed by atoms with Gasteiger partial charge in [0.2, 0.25) is 5.91 Å². The Morgan fingerprint density at radius 3 is 2.71 bits per heavy atom. The average molecular weight is 246 g/mol. The second kappa shape index (κ2) is 3.86. The third-order valence-electron chi connectivity index (χ3n) is 2.29. The molecule has 0 N–H and O–H groups in total. The SMILES string of the molecule is Cn1nccc1C1=NN(CC(F)(F)F)C(=O)C1. The number of carbonyl (C=O) groups is 1. The maximum absolute atomic E-state index is 12.1. The number of aromatic nitrogens is 2. The van der Waals surface area contributed by atoms with Gasteiger partial charge in [-0.1, -0.05) is 0 Å². The van der Waals surface area contributed by atoms with E-state index in [1.54, 1.807) is 13.1 Å². The van der Waals surface area contributed by atoms with E-state index in [2.05, 4.69) is 10.2 Å². The number of nitrogens with zero attached hydrogens (tertiary/aromatic N) is 4. The Morgan fingerprint density at radius 1 is 1.47 bits per heavy atom. The van der Waals surface area contributed by atoms with Crippen LogP contribution < -0.4 is 0 Å². The number of alkyl halides is 3. The van der Waals surface area contributed by atoms with E-state index in [1.165, 1.54) is 10.9 Å². The Kier molecular flexibility index (Phi) is 2.64. The maximum atomic E-state index is 12.1. The van der Waals surface area contributed by atoms with E-state index in [4.69, 9.17) is 0 Å². The predicted molar refractivity (Wildman–Crippen MR) is 52.1 cm³/mol. The molecule has 0 spiro atoms. The number of carbonyl (C=O) groups excluding carboxylic acids is 1. The molecule has 92 valence electrons. The summed E-state index contributed by atoms with van der Waals surface area (Å²) in [7, 11) is 1.63. The summed E-state index contributed by atoms with van der Waals surface area (Å²) in [6, 6.07) is 1.60. The molecule has 0 atom stereocenters. The van der Waals surface area contributed by atoms with Gasteiger partial charge in [0.1, 0.15) is 6.54 Å². The molecule has 0 saturated heterocycles. The third-order valence-corrected chi connectivity index (χ3v) is 2.29. The van der Waals surface area contributed by atoms with Crippen LogP contribution in [0.3, 0.4) is 0 Å². The minimum Gasteiger partial charge on any atom is -0.273 e. The van der Waals surface area contributed by atoms with Crippen molar-refractivity contribution in [3.05, 3.63) is 18.0 Å². The van der Waals surface area contributed by atoms with Crippen molar-refractivity contribution in [1.82, 2.24) is 14.8 Å². The van der Waals surface area contributed by atoms with Gasteiger partial charge in [-0.05, 0) is 6.07 Å². The highest BCUT2D eigenvalue weighted by Crippen LogP contribution is 2.21. The zero-order chi connectivity index (χ0) is 12.6. The van der Waals surface area contributed by atoms with Crippen LogP contribution in [0.25, 0.3) is 0 Å². The molecule has 1 aromatic rings. The zero-order valence-electron chi connectivity index (χ0n) is 8.90. The summed E-state index contributed by atoms with van der Waals surface area (Å²) in [5.74, 6) is -0.654. The summed E-state index contributed by atoms with van der Waals surface area (Å²) < 4.78 is 37.9. The van der Waals surface area contributed by atoms with E-state index in [0.717, 1.165) is 0 Å². The van der Waals surface area contributed by atoms with Gasteiger partial charge in [-0.15, -0.1) is 0 Å². The van der Waals surface area contributed by atoms with Crippen molar-refractivity contribution in [3.8, 4) is 0 Å². The van der Waals surface area contributed by atoms with E-state index in [1.807, 2.05) is 0 Å². The normalized spacial score (nSPS) is 16.6. The largest absolute Gasteiger partial charge is 0.408 e. The molecule has 2 rings (SSSR count). The standard InChI is InChI=1S/C9H9F3N4O/c1-15-7(2-3-13-15)6-4-8(17)16(14-6)5-9(10,11)12/h2-3H,4-5H2,1H3. The van der Waals surface area contributed by atoms with Gasteiger partial charge in [0.25, 0.3) is 0 Å². The number of hydrazone groups is 1. The molecular formula is C9H9F3N4O. The molecule has 1 aliphatic heterocycles. The molecule has 2 heterocycles. The van der Waals surface area contributed by atoms with Gasteiger partial charge >= 0.3 is 6.18 Å². The lowest BCUT2D eigenvalue weighted by Crippen LogP contribution is -2.32. The van der Waals surface area contributed by atoms with Crippen molar-refractivity contribution < 1.29 is 18.0 Å². The van der Waals surface area contributed by atoms with Crippen molar-refractivity contribution in [1.29, 1.82) is 0 Å². The van der Waals surface area contributed by atoms with Crippen LogP contribution in [0.1, 0.15) is 12.1 Å². The number of hydrogen-bond donors (Lipinski definition) is 0. The lowest BCUT2D eigenvalue weighted by molar-refractivity contribution is -0.159. The number of hydrogen-bond acceptors (Lipinski definition) is 3. The topological polar surface area (TPSA) is 50.5 Å². The van der Waals surface area contributed by atoms with E-state index >= 15 is 0 Å². The van der Waals surface area contributed by atoms with Crippen molar-refractivity contribution in [2.24, 2.45) is 12.1 Å². The van der Waals surface area contributed by atoms with Crippen LogP contribution >= 0.6 is 0 Å². The zero-order valence-corrected chi connectivity index (χ0v) is 8.90. The Balaban J connectivity index is 2.20. The molecule has 0 aliphatic carbocycles. The molecule has 0 fully saturated rings. The lowest BCUT2D eigenvalue weighted by atomic mass is 10.2. The fourth-order valence-electron chi connectivity index (χ4n) is 1.56. The van der Waals surface area contributed by atoms with Gasteiger partial charge in [-0.2, -0.15) is 23.4 Å². The Labute approximate surface area is 94.5 Å². The number of rotatable bonds is 2. The lowest BCUT2D eigenvalue weighted by Gasteiger charge is -2.13. The number of aryl methyl sites for hydroxylation is 1. The molecule has 17 heavy (non-hydrogen) atoms. The highest BCUT2D eigenvalue weighted by Gasteiger charge is 2.36. The van der Waals surface area contributed by atoms with Crippen molar-refractivity contribution in [3.63, 3.8) is 0 Å². The number of halogens is 3. The molecule has 1 amide bonds. The van der Waals surface area contributed by atoms with Crippen LogP contribution in [0.2, 0.25) is 0 Å². The van der Waals surface area contributed by atoms with E-state index in [9.17, 15) is 18.0 Å². The summed E-state index contributed by atoms with van der Waals surface area (Å²) in [5, 5.41) is 7.99. The van der Waals surface area contributed by atoms with Gasteiger partial charge in [-0.25, -0.2) is 5.01 Å². The smallest absolute Gasteiger partial charge is 0.273 e. The Hall–Kier alpha value is -1.86. The first-order chi connectivity index (χ1) is 7.87. The molecule has 0 radical (unpaired) electrons. The van der Waals surface area contributed by atoms with Gasteiger partial charge in [0.15, 0.2) is 0 Å². The summed E-state index contributed by atoms with van der Waals surface area (Å²) in [5.41, 5.74) is 0.849. The molecule has 0 aromatic carbocycles. The highest BCUT2D eigenvalue weighted by molar-refractivity contribution is 6.12. The summed E-state index contributed by atoms with van der Waals surface area (Å²) >= 11 is 0. The van der Waals surface area contributed by atoms with Crippen molar-refractivity contribution in [2.75, 3.05) is 6.54 Å². The van der Waals surface area contributed by atoms with Crippen LogP contribution in [0.5, 0.6) is 0 Å². The summed E-state index contributed by atoms with van der Waals surface area (Å²) in [6.07, 6.45) is -3.08. The van der Waals surface area contributed by atoms with Crippen molar-refractivity contribution in [2.45, 2.75) is 12.6 Å². The quantitative estimate of drug-likeness (QED) is 0.779. The minimum absolute atomic E-state index is 0.129. The van der Waals surface area contributed by atoms with E-state index < -0.39 is 18.6 Å². The van der Waals surface area contributed by atoms with Crippen LogP contribution in [-0.4, -0.2) is 39.1 Å². The first kappa shape index (κ1) is 11.6. The fourth-order valence-corrected chi connectivity index (χ4v) is 1.56. The first-order valence-corrected chi connectivity index (χ1v) is 4.80. The second-order valence-corrected chi connectivity index (χ2v) is 3.63. The molecule has 0 saturated carbocycles. The van der Waals surface area contributed by atoms with Gasteiger partial charge < -0.3 is 0 Å². The molecule has 8 heteroatoms. The average Bonchev–Trinajstić information content (AvgIpc) is 2.72. The molecule has 0 unspecified atom stereocenters. The highest BCUT2D eigenvalue weighted by atomic mass is 19.4. The van der Waals surface area contributed by atoms with Gasteiger partial charge in [-0.3, -0.25) is 9.48 Å². The first-order valence-electron chi connectivity index (χ1n) is 4.80. The monoisotopic (exact) mass is 246 g/mol. The summed E-state index contributed by atoms with van der Waals surface area (Å²) in [4.78, 5) is 11.4. The molecule has 5 nitrogen and oxygen atoms in total. The van der Waals surface area contributed by atoms with E-state index in [-0.39, 0.29) is 6.42 Å². The summed E-state index contributed by atoms with van der Waals surface area (Å²) in [6.45, 7) is -1.35. The van der Waals surface area contributed by atoms with Crippen LogP contribution in [-0.2, 0) is 11.8 Å². The molecule has 0 bridgehead atoms. The Morgan fingerprint density at radius 2 is 2.18 bits per heavy atom. The Bertz CT molecular complexity index is 477. The minimum atomic E-state index is -4.44. The molecule has 1 aliphatic rings. The predicted octanol–water partition coefficient (Wildman–Crippen LogP) is 0.919. The molecule has 1 aromatic heterocycles. The van der Waals surface area contributed by atoms with Crippen LogP contribution in [0.15, 0.2) is 17.4 Å². The fraction of sp³-hybridized carbons (Fsp3) is 0.444. The van der Waals surface area contributed by atoms with Gasteiger partial charge in [0, 0.05) is 13.2 Å². The van der Waals surface area contributed by atoms with Crippen LogP contribution in [0.4, 0.5) is 13.2 Å².